The number of aliphatic hydroxyl groups is 1. The number of amides is 2. The van der Waals surface area contributed by atoms with Gasteiger partial charge in [-0.3, -0.25) is 4.79 Å². The summed E-state index contributed by atoms with van der Waals surface area (Å²) >= 11 is 0. The number of aliphatic hydroxyl groups excluding tert-OH is 1. The normalized spacial score (nSPS) is 18.5. The second-order valence-corrected chi connectivity index (χ2v) is 8.30. The van der Waals surface area contributed by atoms with E-state index in [0.717, 1.165) is 19.3 Å². The molecular formula is C21H31FN2O4. The number of halogens is 1. The Labute approximate surface area is 166 Å². The summed E-state index contributed by atoms with van der Waals surface area (Å²) < 4.78 is 18.5. The van der Waals surface area contributed by atoms with Crippen molar-refractivity contribution in [2.45, 2.75) is 51.6 Å². The van der Waals surface area contributed by atoms with E-state index in [1.807, 2.05) is 20.8 Å². The van der Waals surface area contributed by atoms with E-state index in [1.165, 1.54) is 24.3 Å². The number of carbonyl (C=O) groups excluding carboxylic acids is 2. The van der Waals surface area contributed by atoms with Crippen LogP contribution >= 0.6 is 0 Å². The predicted molar refractivity (Wildman–Crippen MR) is 104 cm³/mol. The molecule has 1 aromatic carbocycles. The largest absolute Gasteiger partial charge is 0.444 e. The highest BCUT2D eigenvalue weighted by Crippen LogP contribution is 2.22. The number of piperidine rings is 1. The van der Waals surface area contributed by atoms with E-state index in [-0.39, 0.29) is 24.4 Å². The minimum Gasteiger partial charge on any atom is -0.444 e. The van der Waals surface area contributed by atoms with Crippen LogP contribution in [0.1, 0.15) is 51.5 Å². The summed E-state index contributed by atoms with van der Waals surface area (Å²) in [6.07, 6.45) is 2.36. The zero-order valence-corrected chi connectivity index (χ0v) is 16.9. The van der Waals surface area contributed by atoms with Crippen molar-refractivity contribution >= 4 is 12.0 Å². The number of carbonyl (C=O) groups is 2. The van der Waals surface area contributed by atoms with Gasteiger partial charge in [-0.1, -0.05) is 12.1 Å². The first-order valence-corrected chi connectivity index (χ1v) is 9.81. The summed E-state index contributed by atoms with van der Waals surface area (Å²) in [6.45, 7) is 6.97. The standard InChI is InChI=1S/C21H31FN2O4/c1-21(2,3)28-20(27)24-12-4-5-15(13-24)10-11-23-19(26)18(14-25)16-6-8-17(22)9-7-16/h6-9,15,18,25H,4-5,10-14H2,1-3H3,(H,23,26). The van der Waals surface area contributed by atoms with Crippen molar-refractivity contribution in [1.82, 2.24) is 10.2 Å². The van der Waals surface area contributed by atoms with Crippen LogP contribution in [0.25, 0.3) is 0 Å². The first-order valence-electron chi connectivity index (χ1n) is 9.81. The van der Waals surface area contributed by atoms with Crippen LogP contribution in [0, 0.1) is 11.7 Å². The summed E-state index contributed by atoms with van der Waals surface area (Å²) in [5.41, 5.74) is 0.0627. The van der Waals surface area contributed by atoms with Gasteiger partial charge in [0.1, 0.15) is 11.4 Å². The second kappa shape index (κ2) is 9.87. The molecule has 1 heterocycles. The zero-order valence-electron chi connectivity index (χ0n) is 16.9. The van der Waals surface area contributed by atoms with Gasteiger partial charge in [0, 0.05) is 19.6 Å². The fourth-order valence-electron chi connectivity index (χ4n) is 3.35. The molecule has 2 atom stereocenters. The Kier molecular flexibility index (Phi) is 7.80. The molecule has 1 aliphatic rings. The molecule has 1 fully saturated rings. The number of hydrogen-bond donors (Lipinski definition) is 2. The quantitative estimate of drug-likeness (QED) is 0.777. The molecule has 6 nitrogen and oxygen atoms in total. The molecule has 2 amide bonds. The summed E-state index contributed by atoms with van der Waals surface area (Å²) in [5, 5.41) is 12.4. The topological polar surface area (TPSA) is 78.9 Å². The number of likely N-dealkylation sites (tertiary alicyclic amines) is 1. The summed E-state index contributed by atoms with van der Waals surface area (Å²) in [7, 11) is 0. The number of benzene rings is 1. The maximum Gasteiger partial charge on any atom is 0.410 e. The van der Waals surface area contributed by atoms with Crippen molar-refractivity contribution in [3.63, 3.8) is 0 Å². The Morgan fingerprint density at radius 3 is 2.61 bits per heavy atom. The number of hydrogen-bond acceptors (Lipinski definition) is 4. The number of rotatable bonds is 6. The molecular weight excluding hydrogens is 363 g/mol. The molecule has 0 saturated carbocycles. The van der Waals surface area contributed by atoms with Crippen LogP contribution in [-0.4, -0.2) is 53.8 Å². The van der Waals surface area contributed by atoms with Crippen LogP contribution in [0.15, 0.2) is 24.3 Å². The Bertz CT molecular complexity index is 657. The summed E-state index contributed by atoms with van der Waals surface area (Å²) in [6, 6.07) is 5.57. The number of nitrogens with zero attached hydrogens (tertiary/aromatic N) is 1. The smallest absolute Gasteiger partial charge is 0.410 e. The van der Waals surface area contributed by atoms with E-state index in [9.17, 15) is 19.1 Å². The first kappa shape index (κ1) is 22.1. The van der Waals surface area contributed by atoms with Crippen molar-refractivity contribution < 1.29 is 23.8 Å². The van der Waals surface area contributed by atoms with Gasteiger partial charge in [-0.25, -0.2) is 9.18 Å². The van der Waals surface area contributed by atoms with Gasteiger partial charge in [0.2, 0.25) is 5.91 Å². The van der Waals surface area contributed by atoms with Crippen LogP contribution in [0.2, 0.25) is 0 Å². The van der Waals surface area contributed by atoms with Gasteiger partial charge in [0.25, 0.3) is 0 Å². The van der Waals surface area contributed by atoms with Crippen LogP contribution in [0.4, 0.5) is 9.18 Å². The molecule has 2 unspecified atom stereocenters. The molecule has 2 N–H and O–H groups in total. The monoisotopic (exact) mass is 394 g/mol. The molecule has 156 valence electrons. The minimum absolute atomic E-state index is 0.283. The van der Waals surface area contributed by atoms with Crippen LogP contribution < -0.4 is 5.32 Å². The predicted octanol–water partition coefficient (Wildman–Crippen LogP) is 3.06. The van der Waals surface area contributed by atoms with Crippen molar-refractivity contribution in [2.75, 3.05) is 26.2 Å². The lowest BCUT2D eigenvalue weighted by Gasteiger charge is -2.34. The highest BCUT2D eigenvalue weighted by atomic mass is 19.1. The highest BCUT2D eigenvalue weighted by Gasteiger charge is 2.27. The molecule has 0 aliphatic carbocycles. The average molecular weight is 394 g/mol. The van der Waals surface area contributed by atoms with E-state index in [2.05, 4.69) is 5.32 Å². The first-order chi connectivity index (χ1) is 13.2. The van der Waals surface area contributed by atoms with E-state index in [0.29, 0.717) is 31.1 Å². The molecule has 0 bridgehead atoms. The van der Waals surface area contributed by atoms with Gasteiger partial charge < -0.3 is 20.1 Å². The van der Waals surface area contributed by atoms with Gasteiger partial charge in [-0.15, -0.1) is 0 Å². The minimum atomic E-state index is -0.717. The van der Waals surface area contributed by atoms with Crippen molar-refractivity contribution in [2.24, 2.45) is 5.92 Å². The van der Waals surface area contributed by atoms with Gasteiger partial charge >= 0.3 is 6.09 Å². The molecule has 28 heavy (non-hydrogen) atoms. The Balaban J connectivity index is 1.80. The van der Waals surface area contributed by atoms with E-state index in [4.69, 9.17) is 4.74 Å². The molecule has 0 spiro atoms. The lowest BCUT2D eigenvalue weighted by Crippen LogP contribution is -2.43. The van der Waals surface area contributed by atoms with Crippen molar-refractivity contribution in [1.29, 1.82) is 0 Å². The molecule has 0 aromatic heterocycles. The van der Waals surface area contributed by atoms with Crippen molar-refractivity contribution in [3.05, 3.63) is 35.6 Å². The second-order valence-electron chi connectivity index (χ2n) is 8.30. The molecule has 2 rings (SSSR count). The lowest BCUT2D eigenvalue weighted by molar-refractivity contribution is -0.123. The maximum absolute atomic E-state index is 13.0. The molecule has 1 aromatic rings. The third-order valence-electron chi connectivity index (χ3n) is 4.79. The number of nitrogens with one attached hydrogen (secondary N) is 1. The maximum atomic E-state index is 13.0. The Hall–Kier alpha value is -2.15. The Morgan fingerprint density at radius 1 is 1.32 bits per heavy atom. The van der Waals surface area contributed by atoms with Crippen molar-refractivity contribution in [3.8, 4) is 0 Å². The van der Waals surface area contributed by atoms with E-state index < -0.39 is 11.5 Å². The fraction of sp³-hybridized carbons (Fsp3) is 0.619. The third kappa shape index (κ3) is 6.78. The van der Waals surface area contributed by atoms with Gasteiger partial charge in [0.05, 0.1) is 12.5 Å². The van der Waals surface area contributed by atoms with Crippen LogP contribution in [0.3, 0.4) is 0 Å². The van der Waals surface area contributed by atoms with Crippen LogP contribution in [-0.2, 0) is 9.53 Å². The molecule has 1 aliphatic heterocycles. The van der Waals surface area contributed by atoms with Gasteiger partial charge in [-0.2, -0.15) is 0 Å². The molecule has 1 saturated heterocycles. The van der Waals surface area contributed by atoms with Gasteiger partial charge in [0.15, 0.2) is 0 Å². The van der Waals surface area contributed by atoms with E-state index in [1.54, 1.807) is 4.90 Å². The fourth-order valence-corrected chi connectivity index (χ4v) is 3.35. The van der Waals surface area contributed by atoms with Crippen LogP contribution in [0.5, 0.6) is 0 Å². The summed E-state index contributed by atoms with van der Waals surface area (Å²) in [4.78, 5) is 26.3. The molecule has 7 heteroatoms. The molecule has 0 radical (unpaired) electrons. The van der Waals surface area contributed by atoms with Gasteiger partial charge in [-0.05, 0) is 63.6 Å². The third-order valence-corrected chi connectivity index (χ3v) is 4.79. The Morgan fingerprint density at radius 2 is 2.00 bits per heavy atom. The lowest BCUT2D eigenvalue weighted by atomic mass is 9.94. The number of ether oxygens (including phenoxy) is 1. The average Bonchev–Trinajstić information content (AvgIpc) is 2.63. The van der Waals surface area contributed by atoms with E-state index >= 15 is 0 Å². The highest BCUT2D eigenvalue weighted by molar-refractivity contribution is 5.83. The SMILES string of the molecule is CC(C)(C)OC(=O)N1CCCC(CCNC(=O)C(CO)c2ccc(F)cc2)C1. The summed E-state index contributed by atoms with van der Waals surface area (Å²) in [5.74, 6) is -1.09. The zero-order chi connectivity index (χ0) is 20.7.